The SMILES string of the molecule is CCN(CC)C(=O)C(C)NC(=O)C1CNCCN1. The van der Waals surface area contributed by atoms with Crippen LogP contribution in [-0.4, -0.2) is 61.5 Å². The normalized spacial score (nSPS) is 21.2. The van der Waals surface area contributed by atoms with E-state index in [4.69, 9.17) is 0 Å². The largest absolute Gasteiger partial charge is 0.343 e. The van der Waals surface area contributed by atoms with Crippen LogP contribution < -0.4 is 16.0 Å². The first-order chi connectivity index (χ1) is 8.60. The lowest BCUT2D eigenvalue weighted by Gasteiger charge is -2.27. The van der Waals surface area contributed by atoms with Crippen LogP contribution in [0.25, 0.3) is 0 Å². The fourth-order valence-electron chi connectivity index (χ4n) is 2.02. The zero-order chi connectivity index (χ0) is 13.5. The van der Waals surface area contributed by atoms with Crippen molar-refractivity contribution in [2.75, 3.05) is 32.7 Å². The Hall–Kier alpha value is -1.14. The number of rotatable bonds is 5. The first-order valence-corrected chi connectivity index (χ1v) is 6.63. The van der Waals surface area contributed by atoms with E-state index in [1.54, 1.807) is 11.8 Å². The minimum absolute atomic E-state index is 0.0304. The molecule has 1 heterocycles. The number of nitrogens with one attached hydrogen (secondary N) is 3. The predicted octanol–water partition coefficient (Wildman–Crippen LogP) is -1.08. The zero-order valence-electron chi connectivity index (χ0n) is 11.5. The molecule has 2 amide bonds. The average molecular weight is 256 g/mol. The Morgan fingerprint density at radius 3 is 2.50 bits per heavy atom. The second-order valence-corrected chi connectivity index (χ2v) is 4.45. The maximum atomic E-state index is 12.0. The molecule has 0 aromatic heterocycles. The van der Waals surface area contributed by atoms with E-state index in [-0.39, 0.29) is 17.9 Å². The summed E-state index contributed by atoms with van der Waals surface area (Å²) < 4.78 is 0. The molecule has 6 nitrogen and oxygen atoms in total. The fourth-order valence-corrected chi connectivity index (χ4v) is 2.02. The molecule has 0 spiro atoms. The molecule has 0 aliphatic carbocycles. The van der Waals surface area contributed by atoms with E-state index in [0.29, 0.717) is 19.6 Å². The summed E-state index contributed by atoms with van der Waals surface area (Å²) in [5.74, 6) is -0.146. The second-order valence-electron chi connectivity index (χ2n) is 4.45. The highest BCUT2D eigenvalue weighted by Crippen LogP contribution is 1.96. The van der Waals surface area contributed by atoms with Gasteiger partial charge in [-0.2, -0.15) is 0 Å². The van der Waals surface area contributed by atoms with Crippen LogP contribution >= 0.6 is 0 Å². The highest BCUT2D eigenvalue weighted by molar-refractivity contribution is 5.89. The van der Waals surface area contributed by atoms with Crippen molar-refractivity contribution in [3.63, 3.8) is 0 Å². The minimum atomic E-state index is -0.471. The van der Waals surface area contributed by atoms with E-state index in [9.17, 15) is 9.59 Å². The zero-order valence-corrected chi connectivity index (χ0v) is 11.5. The lowest BCUT2D eigenvalue weighted by Crippen LogP contribution is -2.58. The van der Waals surface area contributed by atoms with Gasteiger partial charge >= 0.3 is 0 Å². The molecular weight excluding hydrogens is 232 g/mol. The lowest BCUT2D eigenvalue weighted by atomic mass is 10.2. The van der Waals surface area contributed by atoms with E-state index in [2.05, 4.69) is 16.0 Å². The van der Waals surface area contributed by atoms with Gasteiger partial charge in [-0.15, -0.1) is 0 Å². The van der Waals surface area contributed by atoms with Crippen LogP contribution in [-0.2, 0) is 9.59 Å². The van der Waals surface area contributed by atoms with Crippen molar-refractivity contribution in [1.29, 1.82) is 0 Å². The summed E-state index contributed by atoms with van der Waals surface area (Å²) in [7, 11) is 0. The third-order valence-corrected chi connectivity index (χ3v) is 3.16. The Labute approximate surface area is 108 Å². The number of hydrogen-bond donors (Lipinski definition) is 3. The van der Waals surface area contributed by atoms with E-state index < -0.39 is 6.04 Å². The molecule has 3 N–H and O–H groups in total. The molecule has 6 heteroatoms. The van der Waals surface area contributed by atoms with Gasteiger partial charge < -0.3 is 20.9 Å². The lowest BCUT2D eigenvalue weighted by molar-refractivity contribution is -0.136. The number of amides is 2. The van der Waals surface area contributed by atoms with Crippen molar-refractivity contribution in [2.45, 2.75) is 32.9 Å². The monoisotopic (exact) mass is 256 g/mol. The Morgan fingerprint density at radius 1 is 1.33 bits per heavy atom. The fraction of sp³-hybridized carbons (Fsp3) is 0.833. The molecule has 1 rings (SSSR count). The first kappa shape index (κ1) is 14.9. The summed E-state index contributed by atoms with van der Waals surface area (Å²) in [6.07, 6.45) is 0. The van der Waals surface area contributed by atoms with Crippen molar-refractivity contribution in [3.05, 3.63) is 0 Å². The summed E-state index contributed by atoms with van der Waals surface area (Å²) in [6, 6.07) is -0.716. The quantitative estimate of drug-likeness (QED) is 0.585. The van der Waals surface area contributed by atoms with Gasteiger partial charge in [0.1, 0.15) is 6.04 Å². The third kappa shape index (κ3) is 3.96. The highest BCUT2D eigenvalue weighted by Gasteiger charge is 2.25. The number of nitrogens with zero attached hydrogens (tertiary/aromatic N) is 1. The van der Waals surface area contributed by atoms with E-state index >= 15 is 0 Å². The Kier molecular flexibility index (Phi) is 6.07. The summed E-state index contributed by atoms with van der Waals surface area (Å²) in [6.45, 7) is 9.18. The molecule has 1 aliphatic rings. The number of carbonyl (C=O) groups is 2. The summed E-state index contributed by atoms with van der Waals surface area (Å²) in [5.41, 5.74) is 0. The standard InChI is InChI=1S/C12H24N4O2/c1-4-16(5-2)12(18)9(3)15-11(17)10-8-13-6-7-14-10/h9-10,13-14H,4-8H2,1-3H3,(H,15,17). The Balaban J connectivity index is 2.45. The van der Waals surface area contributed by atoms with E-state index in [0.717, 1.165) is 13.1 Å². The van der Waals surface area contributed by atoms with Gasteiger partial charge in [0.15, 0.2) is 0 Å². The maximum Gasteiger partial charge on any atom is 0.244 e. The Bertz CT molecular complexity index is 286. The molecule has 0 aromatic carbocycles. The van der Waals surface area contributed by atoms with Gasteiger partial charge in [0, 0.05) is 32.7 Å². The predicted molar refractivity (Wildman–Crippen MR) is 70.2 cm³/mol. The van der Waals surface area contributed by atoms with Crippen LogP contribution in [0, 0.1) is 0 Å². The second kappa shape index (κ2) is 7.33. The molecule has 1 saturated heterocycles. The van der Waals surface area contributed by atoms with Crippen molar-refractivity contribution in [3.8, 4) is 0 Å². The van der Waals surface area contributed by atoms with Gasteiger partial charge in [-0.3, -0.25) is 9.59 Å². The van der Waals surface area contributed by atoms with Gasteiger partial charge in [-0.05, 0) is 20.8 Å². The van der Waals surface area contributed by atoms with Crippen molar-refractivity contribution >= 4 is 11.8 Å². The van der Waals surface area contributed by atoms with E-state index in [1.807, 2.05) is 13.8 Å². The minimum Gasteiger partial charge on any atom is -0.343 e. The first-order valence-electron chi connectivity index (χ1n) is 6.63. The third-order valence-electron chi connectivity index (χ3n) is 3.16. The molecule has 0 bridgehead atoms. The van der Waals surface area contributed by atoms with Crippen LogP contribution in [0.2, 0.25) is 0 Å². The summed E-state index contributed by atoms with van der Waals surface area (Å²) >= 11 is 0. The molecule has 1 fully saturated rings. The van der Waals surface area contributed by atoms with Gasteiger partial charge in [0.05, 0.1) is 6.04 Å². The molecule has 1 aliphatic heterocycles. The van der Waals surface area contributed by atoms with Gasteiger partial charge in [-0.1, -0.05) is 0 Å². The molecule has 0 aromatic rings. The van der Waals surface area contributed by atoms with Crippen LogP contribution in [0.15, 0.2) is 0 Å². The van der Waals surface area contributed by atoms with Gasteiger partial charge in [0.2, 0.25) is 11.8 Å². The topological polar surface area (TPSA) is 73.5 Å². The molecule has 0 saturated carbocycles. The number of hydrogen-bond acceptors (Lipinski definition) is 4. The van der Waals surface area contributed by atoms with Crippen LogP contribution in [0.5, 0.6) is 0 Å². The molecule has 0 radical (unpaired) electrons. The van der Waals surface area contributed by atoms with Crippen LogP contribution in [0.1, 0.15) is 20.8 Å². The molecule has 104 valence electrons. The van der Waals surface area contributed by atoms with E-state index in [1.165, 1.54) is 0 Å². The van der Waals surface area contributed by atoms with Crippen molar-refractivity contribution in [1.82, 2.24) is 20.9 Å². The Morgan fingerprint density at radius 2 is 2.00 bits per heavy atom. The molecule has 18 heavy (non-hydrogen) atoms. The van der Waals surface area contributed by atoms with Crippen LogP contribution in [0.4, 0.5) is 0 Å². The molecule has 2 unspecified atom stereocenters. The average Bonchev–Trinajstić information content (AvgIpc) is 2.40. The van der Waals surface area contributed by atoms with Gasteiger partial charge in [0.25, 0.3) is 0 Å². The molecule has 2 atom stereocenters. The highest BCUT2D eigenvalue weighted by atomic mass is 16.2. The molecular formula is C12H24N4O2. The van der Waals surface area contributed by atoms with Gasteiger partial charge in [-0.25, -0.2) is 0 Å². The van der Waals surface area contributed by atoms with Crippen molar-refractivity contribution in [2.24, 2.45) is 0 Å². The summed E-state index contributed by atoms with van der Waals surface area (Å²) in [5, 5.41) is 9.03. The van der Waals surface area contributed by atoms with Crippen LogP contribution in [0.3, 0.4) is 0 Å². The number of carbonyl (C=O) groups excluding carboxylic acids is 2. The number of piperazine rings is 1. The summed E-state index contributed by atoms with van der Waals surface area (Å²) in [4.78, 5) is 25.6. The smallest absolute Gasteiger partial charge is 0.244 e. The number of likely N-dealkylation sites (N-methyl/N-ethyl adjacent to an activating group) is 1. The van der Waals surface area contributed by atoms with Crippen molar-refractivity contribution < 1.29 is 9.59 Å². The maximum absolute atomic E-state index is 12.0.